The van der Waals surface area contributed by atoms with Crippen LogP contribution in [0.5, 0.6) is 0 Å². The summed E-state index contributed by atoms with van der Waals surface area (Å²) >= 11 is 0. The van der Waals surface area contributed by atoms with E-state index >= 15 is 0 Å². The van der Waals surface area contributed by atoms with Crippen LogP contribution in [0.3, 0.4) is 0 Å². The summed E-state index contributed by atoms with van der Waals surface area (Å²) in [5.74, 6) is 1.42. The molecule has 108 valence electrons. The van der Waals surface area contributed by atoms with Crippen molar-refractivity contribution < 1.29 is 4.39 Å². The molecule has 0 bridgehead atoms. The Balaban J connectivity index is 2.54. The Labute approximate surface area is 112 Å². The maximum absolute atomic E-state index is 12.4. The maximum atomic E-state index is 12.4. The Hall–Kier alpha value is -0.150. The van der Waals surface area contributed by atoms with Gasteiger partial charge in [0, 0.05) is 31.7 Å². The molecule has 0 spiro atoms. The molecule has 3 unspecified atom stereocenters. The lowest BCUT2D eigenvalue weighted by molar-refractivity contribution is 0.0825. The van der Waals surface area contributed by atoms with Crippen LogP contribution in [0.2, 0.25) is 0 Å². The first-order chi connectivity index (χ1) is 8.58. The van der Waals surface area contributed by atoms with Gasteiger partial charge in [0.2, 0.25) is 0 Å². The molecule has 1 N–H and O–H groups in total. The van der Waals surface area contributed by atoms with E-state index in [1.54, 1.807) is 0 Å². The number of hydrogen-bond acceptors (Lipinski definition) is 2. The van der Waals surface area contributed by atoms with Crippen LogP contribution in [-0.4, -0.2) is 43.3 Å². The van der Waals surface area contributed by atoms with E-state index in [0.717, 1.165) is 25.6 Å². The van der Waals surface area contributed by atoms with Crippen LogP contribution in [-0.2, 0) is 0 Å². The molecular weight excluding hydrogens is 227 g/mol. The highest BCUT2D eigenvalue weighted by atomic mass is 19.1. The standard InChI is InChI=1S/C15H31FN2/c1-5-13(4)15-10-17-14(9-12(2)3)11-18(15)8-6-7-16/h12-15,17H,5-11H2,1-4H3. The van der Waals surface area contributed by atoms with Crippen LogP contribution in [0.25, 0.3) is 0 Å². The first-order valence-corrected chi connectivity index (χ1v) is 7.61. The summed E-state index contributed by atoms with van der Waals surface area (Å²) in [6.07, 6.45) is 3.11. The van der Waals surface area contributed by atoms with E-state index < -0.39 is 0 Å². The van der Waals surface area contributed by atoms with Crippen molar-refractivity contribution >= 4 is 0 Å². The average molecular weight is 258 g/mol. The van der Waals surface area contributed by atoms with Crippen molar-refractivity contribution in [1.82, 2.24) is 10.2 Å². The molecule has 0 aromatic carbocycles. The average Bonchev–Trinajstić information content (AvgIpc) is 2.35. The SMILES string of the molecule is CCC(C)C1CNC(CC(C)C)CN1CCCF. The molecule has 1 aliphatic heterocycles. The molecule has 2 nitrogen and oxygen atoms in total. The van der Waals surface area contributed by atoms with E-state index in [1.807, 2.05) is 0 Å². The van der Waals surface area contributed by atoms with Gasteiger partial charge in [-0.25, -0.2) is 0 Å². The second-order valence-corrected chi connectivity index (χ2v) is 6.23. The van der Waals surface area contributed by atoms with Gasteiger partial charge in [0.25, 0.3) is 0 Å². The molecule has 0 aromatic rings. The molecule has 1 aliphatic rings. The van der Waals surface area contributed by atoms with E-state index in [0.29, 0.717) is 24.4 Å². The second-order valence-electron chi connectivity index (χ2n) is 6.23. The van der Waals surface area contributed by atoms with Crippen molar-refractivity contribution in [2.24, 2.45) is 11.8 Å². The Morgan fingerprint density at radius 2 is 2.06 bits per heavy atom. The van der Waals surface area contributed by atoms with E-state index in [1.165, 1.54) is 12.8 Å². The Kier molecular flexibility index (Phi) is 7.16. The van der Waals surface area contributed by atoms with Gasteiger partial charge < -0.3 is 5.32 Å². The smallest absolute Gasteiger partial charge is 0.0906 e. The predicted molar refractivity (Wildman–Crippen MR) is 76.7 cm³/mol. The van der Waals surface area contributed by atoms with Gasteiger partial charge in [-0.3, -0.25) is 9.29 Å². The lowest BCUT2D eigenvalue weighted by Crippen LogP contribution is -2.58. The lowest BCUT2D eigenvalue weighted by Gasteiger charge is -2.43. The minimum Gasteiger partial charge on any atom is -0.311 e. The Bertz CT molecular complexity index is 221. The zero-order chi connectivity index (χ0) is 13.5. The summed E-state index contributed by atoms with van der Waals surface area (Å²) in [5, 5.41) is 3.69. The number of hydrogen-bond donors (Lipinski definition) is 1. The van der Waals surface area contributed by atoms with Crippen LogP contribution < -0.4 is 5.32 Å². The minimum atomic E-state index is -0.188. The topological polar surface area (TPSA) is 15.3 Å². The quantitative estimate of drug-likeness (QED) is 0.755. The highest BCUT2D eigenvalue weighted by Gasteiger charge is 2.30. The lowest BCUT2D eigenvalue weighted by atomic mass is 9.92. The Morgan fingerprint density at radius 1 is 1.33 bits per heavy atom. The summed E-state index contributed by atoms with van der Waals surface area (Å²) in [5.41, 5.74) is 0. The fraction of sp³-hybridized carbons (Fsp3) is 1.00. The fourth-order valence-corrected chi connectivity index (χ4v) is 2.98. The number of nitrogens with zero attached hydrogens (tertiary/aromatic N) is 1. The molecule has 0 amide bonds. The Morgan fingerprint density at radius 3 is 2.61 bits per heavy atom. The summed E-state index contributed by atoms with van der Waals surface area (Å²) in [4.78, 5) is 2.53. The summed E-state index contributed by atoms with van der Waals surface area (Å²) in [7, 11) is 0. The molecule has 0 aromatic heterocycles. The van der Waals surface area contributed by atoms with Gasteiger partial charge in [-0.1, -0.05) is 34.1 Å². The monoisotopic (exact) mass is 258 g/mol. The molecule has 0 aliphatic carbocycles. The van der Waals surface area contributed by atoms with Crippen LogP contribution >= 0.6 is 0 Å². The van der Waals surface area contributed by atoms with Crippen LogP contribution in [0.1, 0.15) is 47.0 Å². The zero-order valence-electron chi connectivity index (χ0n) is 12.6. The molecule has 0 saturated carbocycles. The van der Waals surface area contributed by atoms with Crippen LogP contribution in [0.4, 0.5) is 4.39 Å². The zero-order valence-corrected chi connectivity index (χ0v) is 12.6. The largest absolute Gasteiger partial charge is 0.311 e. The van der Waals surface area contributed by atoms with Crippen molar-refractivity contribution in [1.29, 1.82) is 0 Å². The molecule has 3 atom stereocenters. The molecule has 1 rings (SSSR count). The van der Waals surface area contributed by atoms with E-state index in [4.69, 9.17) is 0 Å². The van der Waals surface area contributed by atoms with Crippen molar-refractivity contribution in [2.75, 3.05) is 26.3 Å². The highest BCUT2D eigenvalue weighted by molar-refractivity contribution is 4.88. The number of halogens is 1. The van der Waals surface area contributed by atoms with Crippen molar-refractivity contribution in [2.45, 2.75) is 59.0 Å². The molecule has 0 radical (unpaired) electrons. The third-order valence-electron chi connectivity index (χ3n) is 4.18. The number of nitrogens with one attached hydrogen (secondary N) is 1. The summed E-state index contributed by atoms with van der Waals surface area (Å²) in [6.45, 7) is 12.0. The summed E-state index contributed by atoms with van der Waals surface area (Å²) < 4.78 is 12.4. The van der Waals surface area contributed by atoms with Crippen molar-refractivity contribution in [3.63, 3.8) is 0 Å². The first-order valence-electron chi connectivity index (χ1n) is 7.61. The molecule has 1 saturated heterocycles. The third kappa shape index (κ3) is 4.85. The first kappa shape index (κ1) is 15.9. The minimum absolute atomic E-state index is 0.188. The number of rotatable bonds is 7. The van der Waals surface area contributed by atoms with Crippen LogP contribution in [0.15, 0.2) is 0 Å². The van der Waals surface area contributed by atoms with Crippen molar-refractivity contribution in [3.05, 3.63) is 0 Å². The molecule has 1 heterocycles. The highest BCUT2D eigenvalue weighted by Crippen LogP contribution is 2.20. The van der Waals surface area contributed by atoms with Gasteiger partial charge >= 0.3 is 0 Å². The van der Waals surface area contributed by atoms with Gasteiger partial charge in [-0.2, -0.15) is 0 Å². The molecule has 18 heavy (non-hydrogen) atoms. The van der Waals surface area contributed by atoms with Gasteiger partial charge in [0.05, 0.1) is 6.67 Å². The van der Waals surface area contributed by atoms with E-state index in [-0.39, 0.29) is 6.67 Å². The second kappa shape index (κ2) is 8.11. The van der Waals surface area contributed by atoms with Crippen LogP contribution in [0, 0.1) is 11.8 Å². The third-order valence-corrected chi connectivity index (χ3v) is 4.18. The van der Waals surface area contributed by atoms with Gasteiger partial charge in [-0.05, 0) is 24.7 Å². The van der Waals surface area contributed by atoms with E-state index in [2.05, 4.69) is 37.9 Å². The summed E-state index contributed by atoms with van der Waals surface area (Å²) in [6, 6.07) is 1.18. The van der Waals surface area contributed by atoms with Gasteiger partial charge in [0.1, 0.15) is 0 Å². The van der Waals surface area contributed by atoms with Gasteiger partial charge in [-0.15, -0.1) is 0 Å². The van der Waals surface area contributed by atoms with Crippen molar-refractivity contribution in [3.8, 4) is 0 Å². The molecule has 3 heteroatoms. The van der Waals surface area contributed by atoms with Gasteiger partial charge in [0.15, 0.2) is 0 Å². The molecule has 1 fully saturated rings. The maximum Gasteiger partial charge on any atom is 0.0906 e. The molecular formula is C15H31FN2. The van der Waals surface area contributed by atoms with E-state index in [9.17, 15) is 4.39 Å². The fourth-order valence-electron chi connectivity index (χ4n) is 2.98. The number of piperazine rings is 1. The normalized spacial score (nSPS) is 27.7. The predicted octanol–water partition coefficient (Wildman–Crippen LogP) is 3.08. The number of alkyl halides is 1.